The molecule has 1 atom stereocenters. The van der Waals surface area contributed by atoms with Gasteiger partial charge in [0.1, 0.15) is 0 Å². The molecule has 1 N–H and O–H groups in total. The van der Waals surface area contributed by atoms with Crippen LogP contribution in [0.3, 0.4) is 0 Å². The summed E-state index contributed by atoms with van der Waals surface area (Å²) in [4.78, 5) is 38.2. The minimum absolute atomic E-state index is 0.0908. The molecule has 0 spiro atoms. The molecular formula is C19H17BrN2O3. The topological polar surface area (TPSA) is 66.5 Å². The normalized spacial score (nSPS) is 16.8. The Morgan fingerprint density at radius 1 is 1.12 bits per heavy atom. The van der Waals surface area contributed by atoms with Gasteiger partial charge in [-0.2, -0.15) is 0 Å². The van der Waals surface area contributed by atoms with Gasteiger partial charge in [0.2, 0.25) is 11.8 Å². The molecular weight excluding hydrogens is 384 g/mol. The van der Waals surface area contributed by atoms with Crippen LogP contribution in [0.25, 0.3) is 0 Å². The van der Waals surface area contributed by atoms with E-state index in [0.717, 1.165) is 10.2 Å². The molecule has 0 radical (unpaired) electrons. The monoisotopic (exact) mass is 400 g/mol. The number of halogens is 1. The van der Waals surface area contributed by atoms with Crippen molar-refractivity contribution in [2.45, 2.75) is 13.3 Å². The molecule has 1 aliphatic heterocycles. The van der Waals surface area contributed by atoms with Crippen LogP contribution in [0.5, 0.6) is 0 Å². The van der Waals surface area contributed by atoms with Crippen molar-refractivity contribution < 1.29 is 14.4 Å². The molecule has 1 fully saturated rings. The predicted octanol–water partition coefficient (Wildman–Crippen LogP) is 3.64. The minimum atomic E-state index is -0.459. The summed E-state index contributed by atoms with van der Waals surface area (Å²) in [5.41, 5.74) is 1.70. The molecule has 5 nitrogen and oxygen atoms in total. The fourth-order valence-corrected chi connectivity index (χ4v) is 3.42. The van der Waals surface area contributed by atoms with Crippen molar-refractivity contribution in [2.24, 2.45) is 5.92 Å². The van der Waals surface area contributed by atoms with Gasteiger partial charge in [0.15, 0.2) is 5.78 Å². The van der Waals surface area contributed by atoms with Gasteiger partial charge >= 0.3 is 0 Å². The summed E-state index contributed by atoms with van der Waals surface area (Å²) in [6.07, 6.45) is 0.148. The maximum absolute atomic E-state index is 12.6. The van der Waals surface area contributed by atoms with Gasteiger partial charge in [-0.1, -0.05) is 24.3 Å². The number of para-hydroxylation sites is 2. The zero-order chi connectivity index (χ0) is 18.0. The average Bonchev–Trinajstić information content (AvgIpc) is 2.97. The molecule has 128 valence electrons. The third-order valence-corrected chi connectivity index (χ3v) is 4.87. The van der Waals surface area contributed by atoms with Gasteiger partial charge < -0.3 is 10.2 Å². The lowest BCUT2D eigenvalue weighted by Gasteiger charge is -2.18. The molecule has 0 saturated carbocycles. The second-order valence-corrected chi connectivity index (χ2v) is 6.80. The van der Waals surface area contributed by atoms with E-state index < -0.39 is 5.92 Å². The Labute approximate surface area is 154 Å². The van der Waals surface area contributed by atoms with Crippen LogP contribution in [-0.4, -0.2) is 24.1 Å². The minimum Gasteiger partial charge on any atom is -0.325 e. The highest BCUT2D eigenvalue weighted by Crippen LogP contribution is 2.31. The fourth-order valence-electron chi connectivity index (χ4n) is 2.92. The highest BCUT2D eigenvalue weighted by Gasteiger charge is 2.36. The summed E-state index contributed by atoms with van der Waals surface area (Å²) in [6, 6.07) is 14.3. The van der Waals surface area contributed by atoms with Crippen molar-refractivity contribution in [3.05, 3.63) is 58.6 Å². The molecule has 2 aromatic rings. The van der Waals surface area contributed by atoms with Gasteiger partial charge in [-0.05, 0) is 47.1 Å². The first kappa shape index (κ1) is 17.4. The smallest absolute Gasteiger partial charge is 0.229 e. The maximum Gasteiger partial charge on any atom is 0.229 e. The van der Waals surface area contributed by atoms with E-state index in [1.807, 2.05) is 24.3 Å². The molecule has 6 heteroatoms. The van der Waals surface area contributed by atoms with Crippen LogP contribution in [0, 0.1) is 5.92 Å². The van der Waals surface area contributed by atoms with Gasteiger partial charge in [0.05, 0.1) is 17.3 Å². The number of ketones is 1. The first-order valence-corrected chi connectivity index (χ1v) is 8.72. The molecule has 0 aliphatic carbocycles. The number of nitrogens with zero attached hydrogens (tertiary/aromatic N) is 1. The van der Waals surface area contributed by atoms with E-state index in [9.17, 15) is 14.4 Å². The Balaban J connectivity index is 1.76. The number of carbonyl (C=O) groups is 3. The van der Waals surface area contributed by atoms with Crippen molar-refractivity contribution in [3.63, 3.8) is 0 Å². The van der Waals surface area contributed by atoms with E-state index in [2.05, 4.69) is 21.2 Å². The van der Waals surface area contributed by atoms with Gasteiger partial charge in [0.25, 0.3) is 0 Å². The molecule has 0 bridgehead atoms. The first-order valence-electron chi connectivity index (χ1n) is 7.93. The summed E-state index contributed by atoms with van der Waals surface area (Å²) < 4.78 is 0.811. The predicted molar refractivity (Wildman–Crippen MR) is 99.7 cm³/mol. The Morgan fingerprint density at radius 3 is 2.52 bits per heavy atom. The standard InChI is InChI=1S/C19H17BrN2O3/c1-12(23)14-6-2-4-8-16(14)21-19(25)13-10-18(24)22(11-13)17-9-5-3-7-15(17)20/h2-9,13H,10-11H2,1H3,(H,21,25). The third kappa shape index (κ3) is 3.64. The number of amides is 2. The van der Waals surface area contributed by atoms with E-state index in [-0.39, 0.29) is 24.0 Å². The number of hydrogen-bond donors (Lipinski definition) is 1. The number of carbonyl (C=O) groups excluding carboxylic acids is 3. The van der Waals surface area contributed by atoms with Crippen LogP contribution in [0.2, 0.25) is 0 Å². The average molecular weight is 401 g/mol. The number of Topliss-reactive ketones (excluding diaryl/α,β-unsaturated/α-hetero) is 1. The van der Waals surface area contributed by atoms with Crippen LogP contribution in [0.4, 0.5) is 11.4 Å². The number of nitrogens with one attached hydrogen (secondary N) is 1. The molecule has 1 heterocycles. The molecule has 1 unspecified atom stereocenters. The first-order chi connectivity index (χ1) is 12.0. The van der Waals surface area contributed by atoms with Crippen molar-refractivity contribution in [3.8, 4) is 0 Å². The molecule has 2 aromatic carbocycles. The zero-order valence-electron chi connectivity index (χ0n) is 13.7. The zero-order valence-corrected chi connectivity index (χ0v) is 15.2. The van der Waals surface area contributed by atoms with Crippen LogP contribution in [0.15, 0.2) is 53.0 Å². The van der Waals surface area contributed by atoms with E-state index in [0.29, 0.717) is 17.8 Å². The van der Waals surface area contributed by atoms with E-state index in [1.165, 1.54) is 6.92 Å². The molecule has 3 rings (SSSR count). The quantitative estimate of drug-likeness (QED) is 0.796. The number of anilines is 2. The van der Waals surface area contributed by atoms with Crippen LogP contribution in [-0.2, 0) is 9.59 Å². The summed E-state index contributed by atoms with van der Waals surface area (Å²) in [7, 11) is 0. The molecule has 25 heavy (non-hydrogen) atoms. The summed E-state index contributed by atoms with van der Waals surface area (Å²) >= 11 is 3.44. The highest BCUT2D eigenvalue weighted by atomic mass is 79.9. The van der Waals surface area contributed by atoms with Gasteiger partial charge in [-0.15, -0.1) is 0 Å². The Kier molecular flexibility index (Phi) is 4.99. The third-order valence-electron chi connectivity index (χ3n) is 4.20. The van der Waals surface area contributed by atoms with Crippen molar-refractivity contribution >= 4 is 44.9 Å². The summed E-state index contributed by atoms with van der Waals surface area (Å²) in [6.45, 7) is 1.77. The largest absolute Gasteiger partial charge is 0.325 e. The number of hydrogen-bond acceptors (Lipinski definition) is 3. The maximum atomic E-state index is 12.6. The summed E-state index contributed by atoms with van der Waals surface area (Å²) in [5.74, 6) is -0.920. The van der Waals surface area contributed by atoms with Crippen LogP contribution >= 0.6 is 15.9 Å². The van der Waals surface area contributed by atoms with Gasteiger partial charge in [0, 0.05) is 23.0 Å². The van der Waals surface area contributed by atoms with Crippen molar-refractivity contribution in [1.29, 1.82) is 0 Å². The second-order valence-electron chi connectivity index (χ2n) is 5.95. The lowest BCUT2D eigenvalue weighted by molar-refractivity contribution is -0.122. The van der Waals surface area contributed by atoms with Crippen LogP contribution in [0.1, 0.15) is 23.7 Å². The SMILES string of the molecule is CC(=O)c1ccccc1NC(=O)C1CC(=O)N(c2ccccc2Br)C1. The fraction of sp³-hybridized carbons (Fsp3) is 0.211. The Bertz CT molecular complexity index is 850. The van der Waals surface area contributed by atoms with E-state index in [1.54, 1.807) is 29.2 Å². The van der Waals surface area contributed by atoms with E-state index >= 15 is 0 Å². The lowest BCUT2D eigenvalue weighted by atomic mass is 10.1. The summed E-state index contributed by atoms with van der Waals surface area (Å²) in [5, 5.41) is 2.79. The Morgan fingerprint density at radius 2 is 1.80 bits per heavy atom. The van der Waals surface area contributed by atoms with E-state index in [4.69, 9.17) is 0 Å². The molecule has 0 aromatic heterocycles. The van der Waals surface area contributed by atoms with Crippen molar-refractivity contribution in [2.75, 3.05) is 16.8 Å². The van der Waals surface area contributed by atoms with Crippen molar-refractivity contribution in [1.82, 2.24) is 0 Å². The second kappa shape index (κ2) is 7.19. The number of benzene rings is 2. The van der Waals surface area contributed by atoms with Gasteiger partial charge in [-0.3, -0.25) is 14.4 Å². The Hall–Kier alpha value is -2.47. The molecule has 1 saturated heterocycles. The van der Waals surface area contributed by atoms with Crippen LogP contribution < -0.4 is 10.2 Å². The molecule has 1 aliphatic rings. The molecule has 2 amide bonds. The number of rotatable bonds is 4. The highest BCUT2D eigenvalue weighted by molar-refractivity contribution is 9.10. The lowest BCUT2D eigenvalue weighted by Crippen LogP contribution is -2.28. The van der Waals surface area contributed by atoms with Gasteiger partial charge in [-0.25, -0.2) is 0 Å².